The first-order chi connectivity index (χ1) is 15.1. The number of unbranched alkanes of at least 4 members (excludes halogenated alkanes) is 15. The van der Waals surface area contributed by atoms with E-state index in [0.29, 0.717) is 13.4 Å². The van der Waals surface area contributed by atoms with Crippen LogP contribution in [0.2, 0.25) is 0 Å². The number of hydrogen-bond acceptors (Lipinski definition) is 6. The average Bonchev–Trinajstić information content (AvgIpc) is 2.78. The second kappa shape index (κ2) is 18.3. The van der Waals surface area contributed by atoms with Gasteiger partial charge in [0.15, 0.2) is 0 Å². The van der Waals surface area contributed by atoms with Gasteiger partial charge < -0.3 is 25.2 Å². The Morgan fingerprint density at radius 1 is 0.667 bits per heavy atom. The van der Waals surface area contributed by atoms with Gasteiger partial charge in [-0.15, -0.1) is 0 Å². The highest BCUT2D eigenvalue weighted by Gasteiger charge is 2.42. The van der Waals surface area contributed by atoms with Crippen LogP contribution < -0.4 is 5.32 Å². The molecule has 0 radical (unpaired) electrons. The molecular formula is C24H49NO5. The molecule has 1 aliphatic rings. The van der Waals surface area contributed by atoms with Crippen molar-refractivity contribution in [2.24, 2.45) is 0 Å². The zero-order valence-electron chi connectivity index (χ0n) is 20.0. The SMILES string of the molecule is [2H]CCCCCCCCCCCCCCCCCCNC1O[C@H](CO)[C@@H](O)[C@H](O)[C@@H]1O. The van der Waals surface area contributed by atoms with Gasteiger partial charge in [0.1, 0.15) is 30.6 Å². The minimum absolute atomic E-state index is 0.392. The van der Waals surface area contributed by atoms with Gasteiger partial charge in [-0.05, 0) is 13.0 Å². The second-order valence-electron chi connectivity index (χ2n) is 8.86. The fourth-order valence-electron chi connectivity index (χ4n) is 4.11. The van der Waals surface area contributed by atoms with Gasteiger partial charge in [-0.25, -0.2) is 0 Å². The molecule has 0 saturated carbocycles. The van der Waals surface area contributed by atoms with Gasteiger partial charge in [0.25, 0.3) is 0 Å². The Balaban J connectivity index is 1.84. The lowest BCUT2D eigenvalue weighted by Gasteiger charge is -2.40. The first-order valence-electron chi connectivity index (χ1n) is 13.2. The summed E-state index contributed by atoms with van der Waals surface area (Å²) in [6, 6.07) is 0. The summed E-state index contributed by atoms with van der Waals surface area (Å²) in [6.45, 7) is 0.868. The van der Waals surface area contributed by atoms with Crippen LogP contribution in [0.3, 0.4) is 0 Å². The molecule has 6 heteroatoms. The van der Waals surface area contributed by atoms with Gasteiger partial charge in [0, 0.05) is 1.37 Å². The highest BCUT2D eigenvalue weighted by Crippen LogP contribution is 2.20. The van der Waals surface area contributed by atoms with E-state index in [-0.39, 0.29) is 0 Å². The van der Waals surface area contributed by atoms with Gasteiger partial charge in [-0.3, -0.25) is 5.32 Å². The Kier molecular flexibility index (Phi) is 15.9. The fraction of sp³-hybridized carbons (Fsp3) is 1.00. The van der Waals surface area contributed by atoms with Crippen molar-refractivity contribution >= 4 is 0 Å². The van der Waals surface area contributed by atoms with E-state index in [0.717, 1.165) is 19.3 Å². The molecule has 6 nitrogen and oxygen atoms in total. The van der Waals surface area contributed by atoms with E-state index in [1.807, 2.05) is 0 Å². The van der Waals surface area contributed by atoms with Gasteiger partial charge in [-0.2, -0.15) is 0 Å². The van der Waals surface area contributed by atoms with E-state index in [9.17, 15) is 20.4 Å². The molecule has 1 heterocycles. The second-order valence-corrected chi connectivity index (χ2v) is 8.86. The van der Waals surface area contributed by atoms with Crippen LogP contribution in [-0.4, -0.2) is 64.2 Å². The normalized spacial score (nSPS) is 27.3. The van der Waals surface area contributed by atoms with Gasteiger partial charge in [0.2, 0.25) is 0 Å². The highest BCUT2D eigenvalue weighted by atomic mass is 16.6. The summed E-state index contributed by atoms with van der Waals surface area (Å²) in [5.41, 5.74) is 0. The van der Waals surface area contributed by atoms with Crippen LogP contribution >= 0.6 is 0 Å². The standard InChI is InChI=1S/C24H49NO5/c1-2-3-4-5-6-7-8-9-10-11-12-13-14-15-16-17-18-25-24-23(29)22(28)21(27)20(19-26)30-24/h20-29H,2-19H2,1H3/t20-,21-,22+,23+,24?/m1/s1/i1D. The molecule has 1 fully saturated rings. The quantitative estimate of drug-likeness (QED) is 0.200. The first-order valence-corrected chi connectivity index (χ1v) is 12.4. The molecular weight excluding hydrogens is 382 g/mol. The lowest BCUT2D eigenvalue weighted by Crippen LogP contribution is -2.62. The summed E-state index contributed by atoms with van der Waals surface area (Å²) < 4.78 is 12.6. The molecule has 0 bridgehead atoms. The van der Waals surface area contributed by atoms with Crippen molar-refractivity contribution in [1.29, 1.82) is 0 Å². The van der Waals surface area contributed by atoms with Crippen LogP contribution in [0.25, 0.3) is 0 Å². The van der Waals surface area contributed by atoms with Gasteiger partial charge in [0.05, 0.1) is 6.61 Å². The zero-order chi connectivity index (χ0) is 22.7. The van der Waals surface area contributed by atoms with Crippen LogP contribution in [0, 0.1) is 0 Å². The molecule has 180 valence electrons. The third-order valence-corrected chi connectivity index (χ3v) is 6.16. The van der Waals surface area contributed by atoms with Crippen molar-refractivity contribution in [2.75, 3.05) is 13.2 Å². The summed E-state index contributed by atoms with van der Waals surface area (Å²) in [4.78, 5) is 0. The Bertz CT molecular complexity index is 402. The molecule has 0 aromatic heterocycles. The van der Waals surface area contributed by atoms with E-state index in [1.165, 1.54) is 83.5 Å². The van der Waals surface area contributed by atoms with Crippen molar-refractivity contribution in [3.63, 3.8) is 0 Å². The molecule has 0 aromatic carbocycles. The monoisotopic (exact) mass is 432 g/mol. The fourth-order valence-corrected chi connectivity index (χ4v) is 4.11. The first kappa shape index (κ1) is 26.0. The summed E-state index contributed by atoms with van der Waals surface area (Å²) in [5, 5.41) is 41.8. The van der Waals surface area contributed by atoms with Crippen molar-refractivity contribution in [3.8, 4) is 0 Å². The molecule has 1 unspecified atom stereocenters. The number of nitrogens with one attached hydrogen (secondary N) is 1. The van der Waals surface area contributed by atoms with E-state index < -0.39 is 37.3 Å². The molecule has 30 heavy (non-hydrogen) atoms. The summed E-state index contributed by atoms with van der Waals surface area (Å²) >= 11 is 0. The minimum atomic E-state index is -1.31. The van der Waals surface area contributed by atoms with Gasteiger partial charge in [-0.1, -0.05) is 103 Å². The van der Waals surface area contributed by atoms with Crippen LogP contribution in [0.5, 0.6) is 0 Å². The minimum Gasteiger partial charge on any atom is -0.394 e. The Hall–Kier alpha value is -0.240. The summed E-state index contributed by atoms with van der Waals surface area (Å²) in [6.07, 6.45) is 14.9. The molecule has 5 atom stereocenters. The zero-order valence-corrected chi connectivity index (χ0v) is 19.0. The highest BCUT2D eigenvalue weighted by molar-refractivity contribution is 4.90. The molecule has 0 aromatic rings. The molecule has 1 aliphatic heterocycles. The third kappa shape index (κ3) is 12.0. The number of rotatable bonds is 19. The number of aliphatic hydroxyl groups is 4. The lowest BCUT2D eigenvalue weighted by molar-refractivity contribution is -0.236. The van der Waals surface area contributed by atoms with Gasteiger partial charge >= 0.3 is 0 Å². The third-order valence-electron chi connectivity index (χ3n) is 6.16. The number of ether oxygens (including phenoxy) is 1. The molecule has 1 rings (SSSR count). The van der Waals surface area contributed by atoms with E-state index >= 15 is 0 Å². The Morgan fingerprint density at radius 2 is 1.13 bits per heavy atom. The Labute approximate surface area is 185 Å². The largest absolute Gasteiger partial charge is 0.394 e. The number of aliphatic hydroxyl groups excluding tert-OH is 4. The maximum Gasteiger partial charge on any atom is 0.137 e. The van der Waals surface area contributed by atoms with Crippen LogP contribution in [0.15, 0.2) is 0 Å². The molecule has 0 spiro atoms. The van der Waals surface area contributed by atoms with Crippen LogP contribution in [-0.2, 0) is 4.74 Å². The van der Waals surface area contributed by atoms with Crippen molar-refractivity contribution in [3.05, 3.63) is 0 Å². The lowest BCUT2D eigenvalue weighted by atomic mass is 9.98. The van der Waals surface area contributed by atoms with E-state index in [1.54, 1.807) is 0 Å². The van der Waals surface area contributed by atoms with Crippen molar-refractivity contribution in [2.45, 2.75) is 140 Å². The summed E-state index contributed by atoms with van der Waals surface area (Å²) in [7, 11) is 0. The molecule has 5 N–H and O–H groups in total. The number of hydrogen-bond donors (Lipinski definition) is 5. The van der Waals surface area contributed by atoms with E-state index in [2.05, 4.69) is 5.32 Å². The predicted octanol–water partition coefficient (Wildman–Crippen LogP) is 3.64. The molecule has 1 saturated heterocycles. The Morgan fingerprint density at radius 3 is 1.60 bits per heavy atom. The maximum atomic E-state index is 9.98. The topological polar surface area (TPSA) is 102 Å². The smallest absolute Gasteiger partial charge is 0.137 e. The van der Waals surface area contributed by atoms with Crippen molar-refractivity contribution in [1.82, 2.24) is 5.32 Å². The van der Waals surface area contributed by atoms with Crippen molar-refractivity contribution < 1.29 is 26.5 Å². The van der Waals surface area contributed by atoms with E-state index in [4.69, 9.17) is 6.11 Å². The predicted molar refractivity (Wildman–Crippen MR) is 121 cm³/mol. The molecule has 0 aliphatic carbocycles. The molecule has 0 amide bonds. The summed E-state index contributed by atoms with van der Waals surface area (Å²) in [5.74, 6) is 0. The van der Waals surface area contributed by atoms with Crippen LogP contribution in [0.1, 0.15) is 111 Å². The van der Waals surface area contributed by atoms with Crippen LogP contribution in [0.4, 0.5) is 0 Å². The maximum absolute atomic E-state index is 9.98. The average molecular weight is 433 g/mol.